The molecular formula is C22H27N3O3S. The van der Waals surface area contributed by atoms with Crippen LogP contribution in [-0.2, 0) is 14.8 Å². The molecule has 154 valence electrons. The van der Waals surface area contributed by atoms with E-state index in [9.17, 15) is 13.2 Å². The van der Waals surface area contributed by atoms with Crippen molar-refractivity contribution in [3.8, 4) is 0 Å². The molecule has 0 bridgehead atoms. The number of benzene rings is 2. The Morgan fingerprint density at radius 3 is 2.21 bits per heavy atom. The lowest BCUT2D eigenvalue weighted by Gasteiger charge is -2.35. The fourth-order valence-corrected chi connectivity index (χ4v) is 4.50. The number of hydrogen-bond donors (Lipinski definition) is 1. The monoisotopic (exact) mass is 413 g/mol. The zero-order valence-corrected chi connectivity index (χ0v) is 17.4. The van der Waals surface area contributed by atoms with Crippen LogP contribution in [0.25, 0.3) is 6.08 Å². The number of amides is 1. The summed E-state index contributed by atoms with van der Waals surface area (Å²) < 4.78 is 27.3. The molecule has 1 N–H and O–H groups in total. The molecule has 1 saturated heterocycles. The summed E-state index contributed by atoms with van der Waals surface area (Å²) in [4.78, 5) is 16.9. The highest BCUT2D eigenvalue weighted by atomic mass is 32.2. The first-order valence-corrected chi connectivity index (χ1v) is 11.2. The molecule has 3 rings (SSSR count). The second-order valence-corrected chi connectivity index (χ2v) is 8.81. The van der Waals surface area contributed by atoms with E-state index < -0.39 is 16.1 Å². The quantitative estimate of drug-likeness (QED) is 0.756. The molecule has 1 atom stereocenters. The van der Waals surface area contributed by atoms with Crippen LogP contribution in [0.2, 0.25) is 0 Å². The first-order valence-electron chi connectivity index (χ1n) is 9.76. The summed E-state index contributed by atoms with van der Waals surface area (Å²) in [6, 6.07) is 17.4. The van der Waals surface area contributed by atoms with Crippen molar-refractivity contribution in [3.05, 3.63) is 72.3 Å². The number of carbonyl (C=O) groups is 1. The van der Waals surface area contributed by atoms with E-state index in [2.05, 4.69) is 33.9 Å². The second kappa shape index (κ2) is 9.82. The summed E-state index contributed by atoms with van der Waals surface area (Å²) in [6.07, 6.45) is 4.22. The van der Waals surface area contributed by atoms with Gasteiger partial charge in [-0.15, -0.1) is 0 Å². The Labute approximate surface area is 172 Å². The van der Waals surface area contributed by atoms with Gasteiger partial charge in [0.15, 0.2) is 0 Å². The Bertz CT molecular complexity index is 922. The average molecular weight is 414 g/mol. The largest absolute Gasteiger partial charge is 0.339 e. The van der Waals surface area contributed by atoms with Crippen LogP contribution < -0.4 is 4.72 Å². The van der Waals surface area contributed by atoms with Gasteiger partial charge in [0.1, 0.15) is 0 Å². The highest BCUT2D eigenvalue weighted by Gasteiger charge is 2.27. The van der Waals surface area contributed by atoms with Gasteiger partial charge < -0.3 is 4.90 Å². The third-order valence-corrected chi connectivity index (χ3v) is 6.47. The SMILES string of the molecule is C[C@@H](NS(=O)(=O)c1ccccc1)C(=O)N1CCN(C/C=C/c2ccccc2)CC1. The van der Waals surface area contributed by atoms with E-state index >= 15 is 0 Å². The molecule has 0 spiro atoms. The topological polar surface area (TPSA) is 69.7 Å². The normalized spacial score (nSPS) is 16.8. The zero-order chi connectivity index (χ0) is 20.7. The van der Waals surface area contributed by atoms with Crippen LogP contribution in [0.15, 0.2) is 71.6 Å². The molecule has 0 radical (unpaired) electrons. The standard InChI is InChI=1S/C22H27N3O3S/c1-19(23-29(27,28)21-12-6-3-7-13-21)22(26)25-17-15-24(16-18-25)14-8-11-20-9-4-2-5-10-20/h2-13,19,23H,14-18H2,1H3/b11-8+/t19-/m1/s1. The predicted molar refractivity (Wildman–Crippen MR) is 115 cm³/mol. The molecule has 2 aromatic rings. The van der Waals surface area contributed by atoms with Gasteiger partial charge in [-0.2, -0.15) is 4.72 Å². The Morgan fingerprint density at radius 2 is 1.59 bits per heavy atom. The van der Waals surface area contributed by atoms with Gasteiger partial charge in [0.2, 0.25) is 15.9 Å². The van der Waals surface area contributed by atoms with Crippen molar-refractivity contribution in [2.45, 2.75) is 17.9 Å². The minimum absolute atomic E-state index is 0.162. The first kappa shape index (κ1) is 21.2. The smallest absolute Gasteiger partial charge is 0.241 e. The van der Waals surface area contributed by atoms with E-state index in [1.165, 1.54) is 17.7 Å². The first-order chi connectivity index (χ1) is 14.0. The van der Waals surface area contributed by atoms with Crippen molar-refractivity contribution in [2.75, 3.05) is 32.7 Å². The van der Waals surface area contributed by atoms with Crippen LogP contribution in [0, 0.1) is 0 Å². The molecule has 0 aliphatic carbocycles. The lowest BCUT2D eigenvalue weighted by molar-refractivity contribution is -0.134. The molecule has 2 aromatic carbocycles. The average Bonchev–Trinajstić information content (AvgIpc) is 2.75. The van der Waals surface area contributed by atoms with Crippen molar-refractivity contribution < 1.29 is 13.2 Å². The summed E-state index contributed by atoms with van der Waals surface area (Å²) in [7, 11) is -3.71. The van der Waals surface area contributed by atoms with Gasteiger partial charge in [-0.05, 0) is 24.6 Å². The maximum Gasteiger partial charge on any atom is 0.241 e. The summed E-state index contributed by atoms with van der Waals surface area (Å²) in [5, 5.41) is 0. The van der Waals surface area contributed by atoms with E-state index in [4.69, 9.17) is 0 Å². The molecule has 29 heavy (non-hydrogen) atoms. The minimum Gasteiger partial charge on any atom is -0.339 e. The van der Waals surface area contributed by atoms with E-state index in [0.29, 0.717) is 13.1 Å². The Morgan fingerprint density at radius 1 is 1.00 bits per heavy atom. The summed E-state index contributed by atoms with van der Waals surface area (Å²) in [6.45, 7) is 5.14. The number of piperazine rings is 1. The van der Waals surface area contributed by atoms with Crippen LogP contribution >= 0.6 is 0 Å². The number of hydrogen-bond acceptors (Lipinski definition) is 4. The molecule has 7 heteroatoms. The molecular weight excluding hydrogens is 386 g/mol. The fourth-order valence-electron chi connectivity index (χ4n) is 3.28. The van der Waals surface area contributed by atoms with Gasteiger partial charge in [-0.3, -0.25) is 9.69 Å². The Kier molecular flexibility index (Phi) is 7.19. The number of nitrogens with zero attached hydrogens (tertiary/aromatic N) is 2. The van der Waals surface area contributed by atoms with E-state index in [1.807, 2.05) is 18.2 Å². The number of rotatable bonds is 7. The second-order valence-electron chi connectivity index (χ2n) is 7.09. The maximum absolute atomic E-state index is 12.7. The van der Waals surface area contributed by atoms with Crippen molar-refractivity contribution >= 4 is 22.0 Å². The Hall–Kier alpha value is -2.48. The van der Waals surface area contributed by atoms with Crippen LogP contribution in [0.5, 0.6) is 0 Å². The fraction of sp³-hybridized carbons (Fsp3) is 0.318. The van der Waals surface area contributed by atoms with Crippen LogP contribution in [-0.4, -0.2) is 62.9 Å². The highest BCUT2D eigenvalue weighted by molar-refractivity contribution is 7.89. The predicted octanol–water partition coefficient (Wildman–Crippen LogP) is 2.21. The lowest BCUT2D eigenvalue weighted by Crippen LogP contribution is -2.54. The molecule has 6 nitrogen and oxygen atoms in total. The lowest BCUT2D eigenvalue weighted by atomic mass is 10.2. The maximum atomic E-state index is 12.7. The summed E-state index contributed by atoms with van der Waals surface area (Å²) in [5.74, 6) is -0.191. The molecule has 1 amide bonds. The molecule has 0 saturated carbocycles. The Balaban J connectivity index is 1.47. The van der Waals surface area contributed by atoms with Crippen molar-refractivity contribution in [2.24, 2.45) is 0 Å². The van der Waals surface area contributed by atoms with Crippen molar-refractivity contribution in [1.29, 1.82) is 0 Å². The van der Waals surface area contributed by atoms with Gasteiger partial charge in [-0.25, -0.2) is 8.42 Å². The van der Waals surface area contributed by atoms with Crippen LogP contribution in [0.3, 0.4) is 0 Å². The zero-order valence-electron chi connectivity index (χ0n) is 16.6. The van der Waals surface area contributed by atoms with Crippen LogP contribution in [0.1, 0.15) is 12.5 Å². The number of nitrogens with one attached hydrogen (secondary N) is 1. The number of sulfonamides is 1. The third-order valence-electron chi connectivity index (χ3n) is 4.91. The van der Waals surface area contributed by atoms with Gasteiger partial charge in [0, 0.05) is 32.7 Å². The van der Waals surface area contributed by atoms with Gasteiger partial charge in [0.05, 0.1) is 10.9 Å². The summed E-state index contributed by atoms with van der Waals surface area (Å²) >= 11 is 0. The van der Waals surface area contributed by atoms with Crippen LogP contribution in [0.4, 0.5) is 0 Å². The minimum atomic E-state index is -3.71. The summed E-state index contributed by atoms with van der Waals surface area (Å²) in [5.41, 5.74) is 1.17. The van der Waals surface area contributed by atoms with Gasteiger partial charge >= 0.3 is 0 Å². The molecule has 1 aliphatic heterocycles. The highest BCUT2D eigenvalue weighted by Crippen LogP contribution is 2.10. The molecule has 1 aliphatic rings. The van der Waals surface area contributed by atoms with E-state index in [-0.39, 0.29) is 10.8 Å². The molecule has 1 fully saturated rings. The number of carbonyl (C=O) groups excluding carboxylic acids is 1. The van der Waals surface area contributed by atoms with Crippen molar-refractivity contribution in [3.63, 3.8) is 0 Å². The molecule has 0 aromatic heterocycles. The van der Waals surface area contributed by atoms with E-state index in [1.54, 1.807) is 30.0 Å². The van der Waals surface area contributed by atoms with Crippen molar-refractivity contribution in [1.82, 2.24) is 14.5 Å². The van der Waals surface area contributed by atoms with Gasteiger partial charge in [-0.1, -0.05) is 60.7 Å². The molecule has 1 heterocycles. The molecule has 0 unspecified atom stereocenters. The van der Waals surface area contributed by atoms with Gasteiger partial charge in [0.25, 0.3) is 0 Å². The third kappa shape index (κ3) is 6.00. The van der Waals surface area contributed by atoms with E-state index in [0.717, 1.165) is 19.6 Å².